The molecule has 3 nitrogen and oxygen atoms in total. The fourth-order valence-electron chi connectivity index (χ4n) is 2.76. The number of alkyl halides is 3. The summed E-state index contributed by atoms with van der Waals surface area (Å²) >= 11 is 3.40. The molecule has 0 aliphatic rings. The molecule has 1 N–H and O–H groups in total. The van der Waals surface area contributed by atoms with Crippen molar-refractivity contribution in [3.8, 4) is 0 Å². The second-order valence-corrected chi connectivity index (χ2v) is 11.8. The summed E-state index contributed by atoms with van der Waals surface area (Å²) in [6.07, 6.45) is -3.04. The molecular weight excluding hydrogens is 441 g/mol. The van der Waals surface area contributed by atoms with Gasteiger partial charge in [-0.3, -0.25) is 0 Å². The maximum Gasteiger partial charge on any atom is 0.408 e. The van der Waals surface area contributed by atoms with Gasteiger partial charge in [-0.15, -0.1) is 0 Å². The van der Waals surface area contributed by atoms with Gasteiger partial charge in [0.2, 0.25) is 0 Å². The maximum absolute atomic E-state index is 13.9. The summed E-state index contributed by atoms with van der Waals surface area (Å²) in [6, 6.07) is 3.21. The summed E-state index contributed by atoms with van der Waals surface area (Å²) in [6.45, 7) is 11.6. The normalized spacial score (nSPS) is 15.9. The molecular formula is C19H26BrF3N2OS. The summed E-state index contributed by atoms with van der Waals surface area (Å²) in [7, 11) is -1.86. The highest BCUT2D eigenvalue weighted by molar-refractivity contribution is 9.10. The Balaban J connectivity index is 2.64. The van der Waals surface area contributed by atoms with E-state index in [9.17, 15) is 17.4 Å². The van der Waals surface area contributed by atoms with Gasteiger partial charge in [0.05, 0.1) is 15.7 Å². The number of rotatable bonds is 4. The molecule has 0 aliphatic carbocycles. The van der Waals surface area contributed by atoms with Crippen LogP contribution in [-0.4, -0.2) is 19.7 Å². The van der Waals surface area contributed by atoms with E-state index in [2.05, 4.69) is 20.7 Å². The van der Waals surface area contributed by atoms with Gasteiger partial charge < -0.3 is 4.57 Å². The van der Waals surface area contributed by atoms with Gasteiger partial charge in [-0.25, -0.2) is 8.93 Å². The third kappa shape index (κ3) is 5.57. The molecule has 0 aliphatic heterocycles. The smallest absolute Gasteiger partial charge is 0.347 e. The molecule has 8 heteroatoms. The zero-order chi connectivity index (χ0) is 20.8. The molecule has 0 fully saturated rings. The lowest BCUT2D eigenvalue weighted by Crippen LogP contribution is -2.41. The molecule has 152 valence electrons. The Morgan fingerprint density at radius 3 is 2.22 bits per heavy atom. The highest BCUT2D eigenvalue weighted by Crippen LogP contribution is 2.39. The van der Waals surface area contributed by atoms with E-state index in [1.165, 1.54) is 6.20 Å². The van der Waals surface area contributed by atoms with Crippen LogP contribution in [0, 0.1) is 5.41 Å². The SMILES string of the molecule is CC(C)(C)Cn1cc([C@H](NS(=O)C(C)(C)C)C(F)(F)F)c2ccc(Br)cc21. The average molecular weight is 467 g/mol. The van der Waals surface area contributed by atoms with Gasteiger partial charge in [0, 0.05) is 33.7 Å². The molecule has 1 heterocycles. The molecule has 0 radical (unpaired) electrons. The third-order valence-electron chi connectivity index (χ3n) is 3.94. The van der Waals surface area contributed by atoms with Crippen LogP contribution >= 0.6 is 15.9 Å². The molecule has 2 aromatic rings. The van der Waals surface area contributed by atoms with E-state index in [0.717, 1.165) is 4.47 Å². The Kier molecular flexibility index (Phi) is 6.25. The van der Waals surface area contributed by atoms with E-state index in [4.69, 9.17) is 0 Å². The first kappa shape index (κ1) is 22.4. The highest BCUT2D eigenvalue weighted by atomic mass is 79.9. The largest absolute Gasteiger partial charge is 0.408 e. The average Bonchev–Trinajstić information content (AvgIpc) is 2.78. The Hall–Kier alpha value is -0.860. The van der Waals surface area contributed by atoms with Crippen molar-refractivity contribution in [2.45, 2.75) is 65.1 Å². The van der Waals surface area contributed by atoms with Crippen LogP contribution in [0.25, 0.3) is 10.9 Å². The minimum atomic E-state index is -4.57. The molecule has 2 atom stereocenters. The fraction of sp³-hybridized carbons (Fsp3) is 0.579. The van der Waals surface area contributed by atoms with E-state index in [1.54, 1.807) is 32.9 Å². The van der Waals surface area contributed by atoms with E-state index >= 15 is 0 Å². The molecule has 1 aromatic carbocycles. The van der Waals surface area contributed by atoms with Crippen molar-refractivity contribution < 1.29 is 17.4 Å². The lowest BCUT2D eigenvalue weighted by atomic mass is 9.97. The lowest BCUT2D eigenvalue weighted by molar-refractivity contribution is -0.152. The molecule has 0 saturated heterocycles. The summed E-state index contributed by atoms with van der Waals surface area (Å²) in [5, 5.41) is 0.503. The Morgan fingerprint density at radius 2 is 1.74 bits per heavy atom. The van der Waals surface area contributed by atoms with Crippen molar-refractivity contribution in [1.82, 2.24) is 9.29 Å². The molecule has 27 heavy (non-hydrogen) atoms. The van der Waals surface area contributed by atoms with Gasteiger partial charge in [-0.05, 0) is 38.3 Å². The van der Waals surface area contributed by atoms with Gasteiger partial charge in [0.1, 0.15) is 6.04 Å². The summed E-state index contributed by atoms with van der Waals surface area (Å²) in [5.41, 5.74) is 0.694. The van der Waals surface area contributed by atoms with Crippen LogP contribution in [-0.2, 0) is 17.5 Å². The van der Waals surface area contributed by atoms with Crippen molar-refractivity contribution in [3.63, 3.8) is 0 Å². The maximum atomic E-state index is 13.9. The van der Waals surface area contributed by atoms with E-state index in [0.29, 0.717) is 17.4 Å². The highest BCUT2D eigenvalue weighted by Gasteiger charge is 2.44. The molecule has 2 rings (SSSR count). The van der Waals surface area contributed by atoms with Crippen molar-refractivity contribution in [3.05, 3.63) is 34.4 Å². The minimum absolute atomic E-state index is 0.0897. The second-order valence-electron chi connectivity index (χ2n) is 8.91. The van der Waals surface area contributed by atoms with Gasteiger partial charge in [-0.1, -0.05) is 42.8 Å². The predicted octanol–water partition coefficient (Wildman–Crippen LogP) is 6.11. The quantitative estimate of drug-likeness (QED) is 0.579. The van der Waals surface area contributed by atoms with Crippen molar-refractivity contribution >= 4 is 37.8 Å². The number of benzene rings is 1. The third-order valence-corrected chi connectivity index (χ3v) is 5.99. The van der Waals surface area contributed by atoms with Gasteiger partial charge in [0.15, 0.2) is 0 Å². The zero-order valence-corrected chi connectivity index (χ0v) is 18.8. The summed E-state index contributed by atoms with van der Waals surface area (Å²) in [4.78, 5) is 0. The van der Waals surface area contributed by atoms with Gasteiger partial charge in [-0.2, -0.15) is 13.2 Å². The molecule has 1 aromatic heterocycles. The first-order valence-corrected chi connectivity index (χ1v) is 10.6. The number of aromatic nitrogens is 1. The first-order chi connectivity index (χ1) is 12.1. The second kappa shape index (κ2) is 7.52. The van der Waals surface area contributed by atoms with Gasteiger partial charge in [0.25, 0.3) is 0 Å². The van der Waals surface area contributed by atoms with Crippen LogP contribution in [0.5, 0.6) is 0 Å². The monoisotopic (exact) mass is 466 g/mol. The Bertz CT molecular complexity index is 847. The van der Waals surface area contributed by atoms with Crippen LogP contribution in [0.15, 0.2) is 28.9 Å². The summed E-state index contributed by atoms with van der Waals surface area (Å²) < 4.78 is 58.2. The molecule has 0 bridgehead atoms. The number of hydrogen-bond donors (Lipinski definition) is 1. The number of fused-ring (bicyclic) bond motifs is 1. The Labute approximate surface area is 169 Å². The van der Waals surface area contributed by atoms with Crippen LogP contribution in [0.3, 0.4) is 0 Å². The van der Waals surface area contributed by atoms with Crippen LogP contribution in [0.2, 0.25) is 0 Å². The van der Waals surface area contributed by atoms with Gasteiger partial charge >= 0.3 is 6.18 Å². The van der Waals surface area contributed by atoms with Crippen LogP contribution in [0.4, 0.5) is 13.2 Å². The molecule has 1 unspecified atom stereocenters. The van der Waals surface area contributed by atoms with Crippen LogP contribution in [0.1, 0.15) is 53.1 Å². The molecule has 0 saturated carbocycles. The fourth-order valence-corrected chi connectivity index (χ4v) is 3.93. The number of hydrogen-bond acceptors (Lipinski definition) is 1. The molecule has 0 amide bonds. The van der Waals surface area contributed by atoms with Crippen molar-refractivity contribution in [2.75, 3.05) is 0 Å². The van der Waals surface area contributed by atoms with Crippen molar-refractivity contribution in [2.24, 2.45) is 5.41 Å². The van der Waals surface area contributed by atoms with E-state index < -0.39 is 28.0 Å². The number of nitrogens with one attached hydrogen (secondary N) is 1. The first-order valence-electron chi connectivity index (χ1n) is 8.63. The summed E-state index contributed by atoms with van der Waals surface area (Å²) in [5.74, 6) is 0. The Morgan fingerprint density at radius 1 is 1.15 bits per heavy atom. The van der Waals surface area contributed by atoms with Crippen LogP contribution < -0.4 is 4.72 Å². The number of nitrogens with zero attached hydrogens (tertiary/aromatic N) is 1. The number of halogens is 4. The van der Waals surface area contributed by atoms with Crippen molar-refractivity contribution in [1.29, 1.82) is 0 Å². The minimum Gasteiger partial charge on any atom is -0.347 e. The van der Waals surface area contributed by atoms with E-state index in [1.807, 2.05) is 31.4 Å². The lowest BCUT2D eigenvalue weighted by Gasteiger charge is -2.26. The molecule has 0 spiro atoms. The standard InChI is InChI=1S/C19H26BrF3N2OS/c1-17(2,3)11-25-10-14(13-8-7-12(20)9-15(13)25)16(19(21,22)23)24-27(26)18(4,5)6/h7-10,16,24H,11H2,1-6H3/t16-,27?/m0/s1. The topological polar surface area (TPSA) is 34.0 Å². The van der Waals surface area contributed by atoms with E-state index in [-0.39, 0.29) is 11.0 Å². The predicted molar refractivity (Wildman–Crippen MR) is 109 cm³/mol. The zero-order valence-electron chi connectivity index (χ0n) is 16.4.